The van der Waals surface area contributed by atoms with Crippen LogP contribution in [-0.4, -0.2) is 28.3 Å². The van der Waals surface area contributed by atoms with Gasteiger partial charge in [-0.1, -0.05) is 25.1 Å². The molecule has 1 amide bonds. The van der Waals surface area contributed by atoms with Gasteiger partial charge in [0.15, 0.2) is 12.3 Å². The number of esters is 1. The highest BCUT2D eigenvalue weighted by molar-refractivity contribution is 5.89. The van der Waals surface area contributed by atoms with Crippen LogP contribution in [0, 0.1) is 5.82 Å². The van der Waals surface area contributed by atoms with Crippen molar-refractivity contribution in [2.75, 3.05) is 6.61 Å². The lowest BCUT2D eigenvalue weighted by Crippen LogP contribution is -2.30. The second kappa shape index (κ2) is 8.72. The number of aryl methyl sites for hydroxylation is 1. The predicted molar refractivity (Wildman–Crippen MR) is 87.3 cm³/mol. The Bertz CT molecular complexity index is 820. The molecule has 2 aromatic rings. The summed E-state index contributed by atoms with van der Waals surface area (Å²) in [4.78, 5) is 35.2. The van der Waals surface area contributed by atoms with Gasteiger partial charge in [0.2, 0.25) is 0 Å². The van der Waals surface area contributed by atoms with E-state index in [9.17, 15) is 18.8 Å². The fourth-order valence-electron chi connectivity index (χ4n) is 2.02. The highest BCUT2D eigenvalue weighted by Crippen LogP contribution is 2.05. The van der Waals surface area contributed by atoms with Gasteiger partial charge in [0, 0.05) is 24.7 Å². The minimum atomic E-state index is -0.814. The van der Waals surface area contributed by atoms with Crippen molar-refractivity contribution in [2.24, 2.45) is 0 Å². The van der Waals surface area contributed by atoms with Crippen LogP contribution in [0.25, 0.3) is 0 Å². The Hall–Kier alpha value is -3.03. The molecule has 2 rings (SSSR count). The lowest BCUT2D eigenvalue weighted by Gasteiger charge is -2.08. The number of carbonyl (C=O) groups is 2. The summed E-state index contributed by atoms with van der Waals surface area (Å²) >= 11 is 0. The van der Waals surface area contributed by atoms with E-state index in [0.29, 0.717) is 18.5 Å². The van der Waals surface area contributed by atoms with E-state index in [1.54, 1.807) is 18.2 Å². The molecule has 0 aliphatic rings. The van der Waals surface area contributed by atoms with E-state index >= 15 is 0 Å². The number of amides is 1. The third-order valence-electron chi connectivity index (χ3n) is 3.28. The summed E-state index contributed by atoms with van der Waals surface area (Å²) in [6.45, 7) is 1.71. The quantitative estimate of drug-likeness (QED) is 0.762. The first-order valence-corrected chi connectivity index (χ1v) is 7.76. The first-order chi connectivity index (χ1) is 12.0. The molecule has 132 valence electrons. The van der Waals surface area contributed by atoms with Crippen LogP contribution in [0.15, 0.2) is 41.2 Å². The monoisotopic (exact) mass is 347 g/mol. The molecule has 7 nitrogen and oxygen atoms in total. The molecule has 1 heterocycles. The molecule has 1 N–H and O–H groups in total. The van der Waals surface area contributed by atoms with Gasteiger partial charge in [-0.3, -0.25) is 9.59 Å². The van der Waals surface area contributed by atoms with Gasteiger partial charge in [0.1, 0.15) is 5.82 Å². The Morgan fingerprint density at radius 3 is 2.72 bits per heavy atom. The number of ether oxygens (including phenoxy) is 1. The molecule has 1 aromatic heterocycles. The van der Waals surface area contributed by atoms with Crippen molar-refractivity contribution >= 4 is 11.9 Å². The normalized spacial score (nSPS) is 10.3. The molecule has 0 saturated carbocycles. The molecular formula is C17H18FN3O4. The highest BCUT2D eigenvalue weighted by Gasteiger charge is 2.13. The zero-order valence-electron chi connectivity index (χ0n) is 13.7. The largest absolute Gasteiger partial charge is 0.451 e. The van der Waals surface area contributed by atoms with E-state index in [-0.39, 0.29) is 17.8 Å². The van der Waals surface area contributed by atoms with Crippen molar-refractivity contribution in [1.29, 1.82) is 0 Å². The predicted octanol–water partition coefficient (Wildman–Crippen LogP) is 1.27. The third-order valence-corrected chi connectivity index (χ3v) is 3.28. The average molecular weight is 347 g/mol. The smallest absolute Gasteiger partial charge is 0.359 e. The number of hydrogen-bond donors (Lipinski definition) is 1. The van der Waals surface area contributed by atoms with E-state index in [2.05, 4.69) is 10.4 Å². The SMILES string of the molecule is CCCn1nc(C(=O)OCC(=O)NCc2ccccc2F)ccc1=O. The molecule has 0 atom stereocenters. The molecule has 0 saturated heterocycles. The number of halogens is 1. The molecule has 8 heteroatoms. The Labute approximate surface area is 143 Å². The Kier molecular flexibility index (Phi) is 6.39. The zero-order chi connectivity index (χ0) is 18.2. The number of benzene rings is 1. The van der Waals surface area contributed by atoms with Crippen LogP contribution in [-0.2, 0) is 22.6 Å². The second-order valence-corrected chi connectivity index (χ2v) is 5.22. The fraction of sp³-hybridized carbons (Fsp3) is 0.294. The number of aromatic nitrogens is 2. The second-order valence-electron chi connectivity index (χ2n) is 5.22. The molecule has 0 radical (unpaired) electrons. The average Bonchev–Trinajstić information content (AvgIpc) is 2.61. The van der Waals surface area contributed by atoms with Crippen molar-refractivity contribution in [3.8, 4) is 0 Å². The Morgan fingerprint density at radius 2 is 2.00 bits per heavy atom. The molecule has 25 heavy (non-hydrogen) atoms. The van der Waals surface area contributed by atoms with Gasteiger partial charge in [-0.25, -0.2) is 13.9 Å². The van der Waals surface area contributed by atoms with Crippen LogP contribution in [0.4, 0.5) is 4.39 Å². The number of carbonyl (C=O) groups excluding carboxylic acids is 2. The maximum Gasteiger partial charge on any atom is 0.359 e. The lowest BCUT2D eigenvalue weighted by molar-refractivity contribution is -0.124. The molecule has 0 unspecified atom stereocenters. The van der Waals surface area contributed by atoms with Crippen LogP contribution in [0.1, 0.15) is 29.4 Å². The number of nitrogens with one attached hydrogen (secondary N) is 1. The first-order valence-electron chi connectivity index (χ1n) is 7.76. The lowest BCUT2D eigenvalue weighted by atomic mass is 10.2. The summed E-state index contributed by atoms with van der Waals surface area (Å²) in [7, 11) is 0. The minimum Gasteiger partial charge on any atom is -0.451 e. The minimum absolute atomic E-state index is 0.0112. The van der Waals surface area contributed by atoms with Crippen molar-refractivity contribution in [1.82, 2.24) is 15.1 Å². The van der Waals surface area contributed by atoms with Crippen molar-refractivity contribution < 1.29 is 18.7 Å². The maximum atomic E-state index is 13.4. The highest BCUT2D eigenvalue weighted by atomic mass is 19.1. The number of rotatable bonds is 7. The molecule has 0 spiro atoms. The van der Waals surface area contributed by atoms with Crippen molar-refractivity contribution in [3.63, 3.8) is 0 Å². The van der Waals surface area contributed by atoms with Gasteiger partial charge >= 0.3 is 5.97 Å². The van der Waals surface area contributed by atoms with Crippen LogP contribution in [0.3, 0.4) is 0 Å². The van der Waals surface area contributed by atoms with Crippen LogP contribution >= 0.6 is 0 Å². The van der Waals surface area contributed by atoms with Gasteiger partial charge in [-0.05, 0) is 18.6 Å². The summed E-state index contributed by atoms with van der Waals surface area (Å²) in [5, 5.41) is 6.35. The van der Waals surface area contributed by atoms with E-state index in [0.717, 1.165) is 4.68 Å². The first kappa shape index (κ1) is 18.3. The summed E-state index contributed by atoms with van der Waals surface area (Å²) < 4.78 is 19.5. The molecule has 0 aliphatic carbocycles. The van der Waals surface area contributed by atoms with Crippen molar-refractivity contribution in [3.05, 3.63) is 63.8 Å². The van der Waals surface area contributed by atoms with Gasteiger partial charge in [0.05, 0.1) is 0 Å². The van der Waals surface area contributed by atoms with Gasteiger partial charge < -0.3 is 10.1 Å². The van der Waals surface area contributed by atoms with E-state index < -0.39 is 24.3 Å². The summed E-state index contributed by atoms with van der Waals surface area (Å²) in [6.07, 6.45) is 0.684. The molecular weight excluding hydrogens is 329 g/mol. The molecule has 0 fully saturated rings. The zero-order valence-corrected chi connectivity index (χ0v) is 13.7. The number of nitrogens with zero attached hydrogens (tertiary/aromatic N) is 2. The van der Waals surface area contributed by atoms with Crippen molar-refractivity contribution in [2.45, 2.75) is 26.4 Å². The van der Waals surface area contributed by atoms with E-state index in [4.69, 9.17) is 4.74 Å². The number of hydrogen-bond acceptors (Lipinski definition) is 5. The summed E-state index contributed by atoms with van der Waals surface area (Å²) in [6, 6.07) is 8.50. The van der Waals surface area contributed by atoms with Gasteiger partial charge in [-0.15, -0.1) is 0 Å². The summed E-state index contributed by atoms with van der Waals surface area (Å²) in [5.74, 6) is -1.81. The van der Waals surface area contributed by atoms with Crippen LogP contribution in [0.5, 0.6) is 0 Å². The Morgan fingerprint density at radius 1 is 1.24 bits per heavy atom. The van der Waals surface area contributed by atoms with E-state index in [1.165, 1.54) is 18.2 Å². The van der Waals surface area contributed by atoms with E-state index in [1.807, 2.05) is 6.92 Å². The summed E-state index contributed by atoms with van der Waals surface area (Å²) in [5.41, 5.74) is -0.0496. The van der Waals surface area contributed by atoms with Crippen LogP contribution in [0.2, 0.25) is 0 Å². The maximum absolute atomic E-state index is 13.4. The van der Waals surface area contributed by atoms with Crippen LogP contribution < -0.4 is 10.9 Å². The van der Waals surface area contributed by atoms with Gasteiger partial charge in [-0.2, -0.15) is 5.10 Å². The third kappa shape index (κ3) is 5.23. The fourth-order valence-corrected chi connectivity index (χ4v) is 2.02. The van der Waals surface area contributed by atoms with Gasteiger partial charge in [0.25, 0.3) is 11.5 Å². The molecule has 0 bridgehead atoms. The topological polar surface area (TPSA) is 90.3 Å². The standard InChI is InChI=1S/C17H18FN3O4/c1-2-9-21-16(23)8-7-14(20-21)17(24)25-11-15(22)19-10-12-5-3-4-6-13(12)18/h3-8H,2,9-11H2,1H3,(H,19,22). The molecule has 0 aliphatic heterocycles. The Balaban J connectivity index is 1.87. The molecule has 1 aromatic carbocycles.